The molecule has 0 aliphatic heterocycles. The van der Waals surface area contributed by atoms with Gasteiger partial charge in [-0.25, -0.2) is 9.36 Å². The molecule has 0 spiro atoms. The lowest BCUT2D eigenvalue weighted by Crippen LogP contribution is -2.35. The standard InChI is InChI=1S/C20H23N8O5P/c1-3-32-34(30,33-4-2)20(22-19(29)15-9-6-5-7-10-15)28-16(13-21-25-28)14-27-18(23-24-26-27)17-11-8-12-31-17/h5-13,20H,3-4,14H2,1-2H3,(H,22,29). The summed E-state index contributed by atoms with van der Waals surface area (Å²) in [7, 11) is -3.92. The molecule has 0 fully saturated rings. The number of hydrogen-bond acceptors (Lipinski definition) is 10. The van der Waals surface area contributed by atoms with Crippen molar-refractivity contribution in [3.05, 3.63) is 66.2 Å². The van der Waals surface area contributed by atoms with Crippen LogP contribution < -0.4 is 5.32 Å². The van der Waals surface area contributed by atoms with Gasteiger partial charge in [0.2, 0.25) is 11.7 Å². The lowest BCUT2D eigenvalue weighted by atomic mass is 10.2. The molecule has 0 radical (unpaired) electrons. The van der Waals surface area contributed by atoms with Crippen LogP contribution in [0.15, 0.2) is 59.3 Å². The van der Waals surface area contributed by atoms with Crippen molar-refractivity contribution >= 4 is 13.5 Å². The molecule has 14 heteroatoms. The Bertz CT molecular complexity index is 1250. The van der Waals surface area contributed by atoms with E-state index in [0.29, 0.717) is 22.8 Å². The highest BCUT2D eigenvalue weighted by Gasteiger charge is 2.40. The van der Waals surface area contributed by atoms with Crippen LogP contribution in [0.25, 0.3) is 11.6 Å². The minimum Gasteiger partial charge on any atom is -0.461 e. The zero-order valence-electron chi connectivity index (χ0n) is 18.5. The second-order valence-electron chi connectivity index (χ2n) is 6.90. The molecule has 0 aliphatic rings. The van der Waals surface area contributed by atoms with Crippen molar-refractivity contribution in [1.29, 1.82) is 0 Å². The van der Waals surface area contributed by atoms with E-state index in [1.165, 1.54) is 21.8 Å². The van der Waals surface area contributed by atoms with E-state index in [-0.39, 0.29) is 19.8 Å². The third kappa shape index (κ3) is 4.96. The van der Waals surface area contributed by atoms with Crippen LogP contribution in [0.5, 0.6) is 0 Å². The van der Waals surface area contributed by atoms with Crippen LogP contribution in [0.4, 0.5) is 0 Å². The van der Waals surface area contributed by atoms with Crippen LogP contribution >= 0.6 is 7.60 Å². The van der Waals surface area contributed by atoms with Crippen molar-refractivity contribution in [2.75, 3.05) is 13.2 Å². The zero-order valence-corrected chi connectivity index (χ0v) is 19.4. The molecule has 4 rings (SSSR count). The SMILES string of the molecule is CCOP(=O)(OCC)C(NC(=O)c1ccccc1)n1nncc1Cn1nnnc1-c1ccco1. The van der Waals surface area contributed by atoms with Crippen molar-refractivity contribution in [3.8, 4) is 11.6 Å². The molecule has 0 aliphatic carbocycles. The Morgan fingerprint density at radius 2 is 1.88 bits per heavy atom. The summed E-state index contributed by atoms with van der Waals surface area (Å²) in [5, 5.41) is 22.5. The van der Waals surface area contributed by atoms with Gasteiger partial charge in [0.05, 0.1) is 37.9 Å². The molecule has 1 N–H and O–H groups in total. The van der Waals surface area contributed by atoms with E-state index in [1.54, 1.807) is 56.3 Å². The first-order chi connectivity index (χ1) is 16.6. The van der Waals surface area contributed by atoms with Crippen LogP contribution in [-0.4, -0.2) is 54.3 Å². The average molecular weight is 486 g/mol. The summed E-state index contributed by atoms with van der Waals surface area (Å²) in [5.41, 5.74) is 0.812. The molecule has 1 amide bonds. The first-order valence-corrected chi connectivity index (χ1v) is 12.1. The van der Waals surface area contributed by atoms with E-state index in [1.807, 2.05) is 0 Å². The molecule has 0 saturated carbocycles. The molecule has 1 unspecified atom stereocenters. The van der Waals surface area contributed by atoms with Gasteiger partial charge < -0.3 is 18.8 Å². The van der Waals surface area contributed by atoms with E-state index in [9.17, 15) is 9.36 Å². The van der Waals surface area contributed by atoms with Gasteiger partial charge in [-0.15, -0.1) is 10.2 Å². The second kappa shape index (κ2) is 10.5. The molecule has 1 aromatic carbocycles. The number of hydrogen-bond donors (Lipinski definition) is 1. The molecule has 3 heterocycles. The molecule has 3 aromatic heterocycles. The van der Waals surface area contributed by atoms with Gasteiger partial charge in [-0.05, 0) is 48.5 Å². The summed E-state index contributed by atoms with van der Waals surface area (Å²) >= 11 is 0. The first kappa shape index (κ1) is 23.5. The molecule has 34 heavy (non-hydrogen) atoms. The fourth-order valence-corrected chi connectivity index (χ4v) is 5.05. The van der Waals surface area contributed by atoms with Crippen molar-refractivity contribution in [1.82, 2.24) is 40.5 Å². The van der Waals surface area contributed by atoms with Gasteiger partial charge in [-0.3, -0.25) is 9.36 Å². The number of furan rings is 1. The number of nitrogens with one attached hydrogen (secondary N) is 1. The van der Waals surface area contributed by atoms with Crippen LogP contribution in [0.2, 0.25) is 0 Å². The van der Waals surface area contributed by atoms with Crippen LogP contribution in [0.1, 0.15) is 35.8 Å². The summed E-state index contributed by atoms with van der Waals surface area (Å²) in [4.78, 5) is 13.0. The van der Waals surface area contributed by atoms with Gasteiger partial charge in [0, 0.05) is 5.56 Å². The van der Waals surface area contributed by atoms with Crippen molar-refractivity contribution < 1.29 is 22.8 Å². The Morgan fingerprint density at radius 3 is 2.56 bits per heavy atom. The second-order valence-corrected chi connectivity index (χ2v) is 8.98. The predicted octanol–water partition coefficient (Wildman–Crippen LogP) is 2.73. The quantitative estimate of drug-likeness (QED) is 0.313. The Hall–Kier alpha value is -3.67. The molecule has 178 valence electrons. The molecular formula is C20H23N8O5P. The maximum absolute atomic E-state index is 13.8. The van der Waals surface area contributed by atoms with Gasteiger partial charge in [0.25, 0.3) is 5.91 Å². The van der Waals surface area contributed by atoms with Gasteiger partial charge >= 0.3 is 7.60 Å². The molecule has 4 aromatic rings. The Kier molecular flexibility index (Phi) is 7.26. The third-order valence-corrected chi connectivity index (χ3v) is 6.86. The number of nitrogens with zero attached hydrogens (tertiary/aromatic N) is 7. The fourth-order valence-electron chi connectivity index (χ4n) is 3.23. The normalized spacial score (nSPS) is 12.5. The number of benzene rings is 1. The summed E-state index contributed by atoms with van der Waals surface area (Å²) < 4.78 is 33.0. The number of amides is 1. The smallest absolute Gasteiger partial charge is 0.375 e. The topological polar surface area (TPSA) is 152 Å². The monoisotopic (exact) mass is 486 g/mol. The summed E-state index contributed by atoms with van der Waals surface area (Å²) in [6.07, 6.45) is 2.97. The minimum absolute atomic E-state index is 0.0893. The van der Waals surface area contributed by atoms with E-state index in [4.69, 9.17) is 13.5 Å². The Morgan fingerprint density at radius 1 is 1.12 bits per heavy atom. The molecule has 13 nitrogen and oxygen atoms in total. The van der Waals surface area contributed by atoms with Crippen molar-refractivity contribution in [3.63, 3.8) is 0 Å². The highest BCUT2D eigenvalue weighted by Crippen LogP contribution is 2.57. The van der Waals surface area contributed by atoms with E-state index >= 15 is 0 Å². The van der Waals surface area contributed by atoms with Crippen LogP contribution in [0.3, 0.4) is 0 Å². The zero-order chi connectivity index (χ0) is 24.0. The number of tetrazole rings is 1. The molecule has 1 atom stereocenters. The highest BCUT2D eigenvalue weighted by molar-refractivity contribution is 7.53. The number of carbonyl (C=O) groups is 1. The predicted molar refractivity (Wildman–Crippen MR) is 118 cm³/mol. The van der Waals surface area contributed by atoms with E-state index in [0.717, 1.165) is 0 Å². The highest BCUT2D eigenvalue weighted by atomic mass is 31.2. The van der Waals surface area contributed by atoms with Gasteiger partial charge in [-0.1, -0.05) is 23.4 Å². The third-order valence-electron chi connectivity index (χ3n) is 4.68. The maximum atomic E-state index is 13.8. The van der Waals surface area contributed by atoms with E-state index < -0.39 is 19.4 Å². The van der Waals surface area contributed by atoms with Crippen molar-refractivity contribution in [2.24, 2.45) is 0 Å². The Balaban J connectivity index is 1.70. The summed E-state index contributed by atoms with van der Waals surface area (Å²) in [6, 6.07) is 12.0. The van der Waals surface area contributed by atoms with Gasteiger partial charge in [0.1, 0.15) is 0 Å². The van der Waals surface area contributed by atoms with E-state index in [2.05, 4.69) is 31.2 Å². The number of aromatic nitrogens is 7. The van der Waals surface area contributed by atoms with Crippen molar-refractivity contribution in [2.45, 2.75) is 26.3 Å². The van der Waals surface area contributed by atoms with Gasteiger partial charge in [-0.2, -0.15) is 0 Å². The summed E-state index contributed by atoms with van der Waals surface area (Å²) in [5.74, 6) is -0.931. The summed E-state index contributed by atoms with van der Waals surface area (Å²) in [6.45, 7) is 3.64. The largest absolute Gasteiger partial charge is 0.461 e. The number of rotatable bonds is 11. The molecular weight excluding hydrogens is 463 g/mol. The fraction of sp³-hybridized carbons (Fsp3) is 0.300. The number of carbonyl (C=O) groups excluding carboxylic acids is 1. The average Bonchev–Trinajstić information content (AvgIpc) is 3.61. The van der Waals surface area contributed by atoms with Crippen LogP contribution in [-0.2, 0) is 20.2 Å². The van der Waals surface area contributed by atoms with Gasteiger partial charge in [0.15, 0.2) is 5.76 Å². The lowest BCUT2D eigenvalue weighted by molar-refractivity contribution is 0.0916. The molecule has 0 bridgehead atoms. The van der Waals surface area contributed by atoms with Crippen LogP contribution in [0, 0.1) is 0 Å². The minimum atomic E-state index is -3.92. The maximum Gasteiger partial charge on any atom is 0.375 e. The lowest BCUT2D eigenvalue weighted by Gasteiger charge is -2.27. The Labute approximate surface area is 194 Å². The first-order valence-electron chi connectivity index (χ1n) is 10.5. The molecule has 0 saturated heterocycles.